The molecule has 3 rings (SSSR count). The number of aromatic nitrogens is 3. The minimum atomic E-state index is -0.456. The highest BCUT2D eigenvalue weighted by molar-refractivity contribution is 6.33. The first kappa shape index (κ1) is 16.9. The molecule has 1 unspecified atom stereocenters. The van der Waals surface area contributed by atoms with Gasteiger partial charge in [-0.1, -0.05) is 23.7 Å². The van der Waals surface area contributed by atoms with Crippen molar-refractivity contribution in [2.24, 2.45) is 0 Å². The molecule has 0 N–H and O–H groups in total. The van der Waals surface area contributed by atoms with E-state index in [-0.39, 0.29) is 11.7 Å². The molecule has 0 saturated heterocycles. The Kier molecular flexibility index (Phi) is 4.67. The van der Waals surface area contributed by atoms with Crippen LogP contribution in [-0.4, -0.2) is 26.7 Å². The number of non-ortho nitro benzene ring substituents is 1. The molecule has 0 fully saturated rings. The number of rotatable bonds is 5. The second-order valence-electron chi connectivity index (χ2n) is 5.61. The number of halogens is 1. The molecule has 0 amide bonds. The molecule has 1 heterocycles. The predicted octanol–water partition coefficient (Wildman–Crippen LogP) is 4.03. The molecule has 2 aromatic carbocycles. The van der Waals surface area contributed by atoms with E-state index in [1.807, 2.05) is 43.1 Å². The number of nitro benzene ring substituents is 1. The minimum absolute atomic E-state index is 0.0213. The fourth-order valence-electron chi connectivity index (χ4n) is 2.57. The zero-order chi connectivity index (χ0) is 18.0. The summed E-state index contributed by atoms with van der Waals surface area (Å²) in [5.74, 6) is 0. The standard InChI is InChI=1S/C17H16ClN5O2/c1-12(13-3-5-14(6-4-13)22-11-19-10-20-22)21(2)17-8-7-15(23(24)25)9-16(17)18/h3-12H,1-2H3. The first-order valence-electron chi connectivity index (χ1n) is 7.59. The van der Waals surface area contributed by atoms with Gasteiger partial charge in [0.05, 0.1) is 27.4 Å². The van der Waals surface area contributed by atoms with Gasteiger partial charge in [0.15, 0.2) is 0 Å². The van der Waals surface area contributed by atoms with Gasteiger partial charge in [-0.05, 0) is 30.7 Å². The van der Waals surface area contributed by atoms with Gasteiger partial charge < -0.3 is 4.90 Å². The molecule has 0 aliphatic carbocycles. The Balaban J connectivity index is 1.82. The summed E-state index contributed by atoms with van der Waals surface area (Å²) < 4.78 is 1.69. The molecule has 0 bridgehead atoms. The van der Waals surface area contributed by atoms with Gasteiger partial charge in [-0.2, -0.15) is 5.10 Å². The van der Waals surface area contributed by atoms with Crippen LogP contribution in [0, 0.1) is 10.1 Å². The summed E-state index contributed by atoms with van der Waals surface area (Å²) in [4.78, 5) is 16.3. The monoisotopic (exact) mass is 357 g/mol. The first-order chi connectivity index (χ1) is 12.0. The van der Waals surface area contributed by atoms with E-state index in [4.69, 9.17) is 11.6 Å². The SMILES string of the molecule is CC(c1ccc(-n2cncn2)cc1)N(C)c1ccc([N+](=O)[O-])cc1Cl. The van der Waals surface area contributed by atoms with E-state index < -0.39 is 4.92 Å². The van der Waals surface area contributed by atoms with Crippen molar-refractivity contribution < 1.29 is 4.92 Å². The van der Waals surface area contributed by atoms with Crippen LogP contribution in [0.4, 0.5) is 11.4 Å². The fraction of sp³-hybridized carbons (Fsp3) is 0.176. The lowest BCUT2D eigenvalue weighted by Crippen LogP contribution is -2.22. The molecule has 8 heteroatoms. The molecular weight excluding hydrogens is 342 g/mol. The van der Waals surface area contributed by atoms with Crippen LogP contribution in [0.5, 0.6) is 0 Å². The highest BCUT2D eigenvalue weighted by Crippen LogP contribution is 2.33. The van der Waals surface area contributed by atoms with Gasteiger partial charge >= 0.3 is 0 Å². The number of hydrogen-bond acceptors (Lipinski definition) is 5. The summed E-state index contributed by atoms with van der Waals surface area (Å²) in [6, 6.07) is 12.5. The third-order valence-electron chi connectivity index (χ3n) is 4.16. The van der Waals surface area contributed by atoms with Crippen LogP contribution in [0.2, 0.25) is 5.02 Å². The topological polar surface area (TPSA) is 77.1 Å². The summed E-state index contributed by atoms with van der Waals surface area (Å²) in [7, 11) is 1.91. The molecule has 1 atom stereocenters. The zero-order valence-corrected chi connectivity index (χ0v) is 14.5. The lowest BCUT2D eigenvalue weighted by atomic mass is 10.1. The third kappa shape index (κ3) is 3.46. The average Bonchev–Trinajstić information content (AvgIpc) is 3.15. The van der Waals surface area contributed by atoms with Crippen LogP contribution in [0.15, 0.2) is 55.1 Å². The van der Waals surface area contributed by atoms with Crippen molar-refractivity contribution in [1.82, 2.24) is 14.8 Å². The van der Waals surface area contributed by atoms with E-state index in [0.29, 0.717) is 5.02 Å². The number of nitro groups is 1. The fourth-order valence-corrected chi connectivity index (χ4v) is 2.88. The maximum absolute atomic E-state index is 10.8. The van der Waals surface area contributed by atoms with Gasteiger partial charge in [0.1, 0.15) is 12.7 Å². The summed E-state index contributed by atoms with van der Waals surface area (Å²) >= 11 is 6.23. The van der Waals surface area contributed by atoms with E-state index >= 15 is 0 Å². The lowest BCUT2D eigenvalue weighted by Gasteiger charge is -2.28. The number of nitrogens with zero attached hydrogens (tertiary/aromatic N) is 5. The van der Waals surface area contributed by atoms with Gasteiger partial charge in [0.2, 0.25) is 0 Å². The summed E-state index contributed by atoms with van der Waals surface area (Å²) in [6.07, 6.45) is 3.13. The first-order valence-corrected chi connectivity index (χ1v) is 7.97. The second-order valence-corrected chi connectivity index (χ2v) is 6.02. The van der Waals surface area contributed by atoms with Crippen molar-refractivity contribution in [2.75, 3.05) is 11.9 Å². The highest BCUT2D eigenvalue weighted by atomic mass is 35.5. The van der Waals surface area contributed by atoms with Crippen molar-refractivity contribution in [3.63, 3.8) is 0 Å². The summed E-state index contributed by atoms with van der Waals surface area (Å²) in [6.45, 7) is 2.04. The maximum atomic E-state index is 10.8. The number of benzene rings is 2. The van der Waals surface area contributed by atoms with E-state index in [2.05, 4.69) is 10.1 Å². The smallest absolute Gasteiger partial charge is 0.271 e. The molecule has 0 radical (unpaired) electrons. The lowest BCUT2D eigenvalue weighted by molar-refractivity contribution is -0.384. The Labute approximate surface area is 149 Å². The van der Waals surface area contributed by atoms with Crippen molar-refractivity contribution in [3.05, 3.63) is 75.8 Å². The van der Waals surface area contributed by atoms with Gasteiger partial charge in [0.25, 0.3) is 5.69 Å². The van der Waals surface area contributed by atoms with E-state index in [9.17, 15) is 10.1 Å². The summed E-state index contributed by atoms with van der Waals surface area (Å²) in [5, 5.41) is 15.3. The molecule has 128 valence electrons. The Morgan fingerprint density at radius 2 is 1.96 bits per heavy atom. The molecule has 0 aliphatic heterocycles. The average molecular weight is 358 g/mol. The molecule has 3 aromatic rings. The van der Waals surface area contributed by atoms with Gasteiger partial charge in [-0.3, -0.25) is 10.1 Å². The molecule has 0 aliphatic rings. The van der Waals surface area contributed by atoms with Crippen LogP contribution in [0.3, 0.4) is 0 Å². The van der Waals surface area contributed by atoms with Crippen molar-refractivity contribution >= 4 is 23.0 Å². The van der Waals surface area contributed by atoms with E-state index in [1.54, 1.807) is 17.1 Å². The van der Waals surface area contributed by atoms with Crippen LogP contribution < -0.4 is 4.90 Å². The normalized spacial score (nSPS) is 12.0. The van der Waals surface area contributed by atoms with E-state index in [1.165, 1.54) is 18.5 Å². The quantitative estimate of drug-likeness (QED) is 0.509. The molecule has 7 nitrogen and oxygen atoms in total. The highest BCUT2D eigenvalue weighted by Gasteiger charge is 2.17. The van der Waals surface area contributed by atoms with Crippen molar-refractivity contribution in [3.8, 4) is 5.69 Å². The van der Waals surface area contributed by atoms with Gasteiger partial charge in [-0.15, -0.1) is 0 Å². The Hall–Kier alpha value is -2.93. The molecular formula is C17H16ClN5O2. The van der Waals surface area contributed by atoms with Crippen molar-refractivity contribution in [2.45, 2.75) is 13.0 Å². The largest absolute Gasteiger partial charge is 0.367 e. The molecule has 0 saturated carbocycles. The number of anilines is 1. The molecule has 0 spiro atoms. The number of hydrogen-bond donors (Lipinski definition) is 0. The van der Waals surface area contributed by atoms with E-state index in [0.717, 1.165) is 16.9 Å². The molecule has 25 heavy (non-hydrogen) atoms. The second kappa shape index (κ2) is 6.90. The third-order valence-corrected chi connectivity index (χ3v) is 4.46. The Morgan fingerprint density at radius 1 is 1.24 bits per heavy atom. The maximum Gasteiger partial charge on any atom is 0.271 e. The van der Waals surface area contributed by atoms with Crippen molar-refractivity contribution in [1.29, 1.82) is 0 Å². The van der Waals surface area contributed by atoms with Crippen LogP contribution in [0.1, 0.15) is 18.5 Å². The predicted molar refractivity (Wildman–Crippen MR) is 96.3 cm³/mol. The zero-order valence-electron chi connectivity index (χ0n) is 13.7. The molecule has 1 aromatic heterocycles. The Morgan fingerprint density at radius 3 is 2.52 bits per heavy atom. The van der Waals surface area contributed by atoms with Crippen LogP contribution in [-0.2, 0) is 0 Å². The Bertz CT molecular complexity index is 881. The summed E-state index contributed by atoms with van der Waals surface area (Å²) in [5.41, 5.74) is 2.72. The van der Waals surface area contributed by atoms with Crippen LogP contribution in [0.25, 0.3) is 5.69 Å². The minimum Gasteiger partial charge on any atom is -0.367 e. The van der Waals surface area contributed by atoms with Gasteiger partial charge in [-0.25, -0.2) is 9.67 Å². The van der Waals surface area contributed by atoms with Crippen LogP contribution >= 0.6 is 11.6 Å². The van der Waals surface area contributed by atoms with Gasteiger partial charge in [0, 0.05) is 19.2 Å².